The van der Waals surface area contributed by atoms with Crippen molar-refractivity contribution in [3.63, 3.8) is 0 Å². The van der Waals surface area contributed by atoms with Gasteiger partial charge < -0.3 is 20.5 Å². The minimum atomic E-state index is -0.583. The Morgan fingerprint density at radius 2 is 2.14 bits per heavy atom. The van der Waals surface area contributed by atoms with Gasteiger partial charge in [-0.2, -0.15) is 10.4 Å². The molecule has 0 aliphatic rings. The lowest BCUT2D eigenvalue weighted by Crippen LogP contribution is -2.29. The molecule has 1 unspecified atom stereocenters. The zero-order valence-corrected chi connectivity index (χ0v) is 16.9. The third-order valence-corrected chi connectivity index (χ3v) is 4.43. The number of nitriles is 1. The maximum Gasteiger partial charge on any atom is 0.160 e. The quantitative estimate of drug-likeness (QED) is 0.479. The first kappa shape index (κ1) is 20.6. The largest absolute Gasteiger partial charge is 0.491 e. The monoisotopic (exact) mass is 394 g/mol. The minimum absolute atomic E-state index is 0.155. The molecule has 3 N–H and O–H groups in total. The molecule has 3 rings (SSSR count). The summed E-state index contributed by atoms with van der Waals surface area (Å²) in [5, 5.41) is 30.2. The van der Waals surface area contributed by atoms with Crippen molar-refractivity contribution >= 4 is 16.7 Å². The second-order valence-corrected chi connectivity index (χ2v) is 7.04. The summed E-state index contributed by atoms with van der Waals surface area (Å²) in [4.78, 5) is 4.82. The van der Waals surface area contributed by atoms with E-state index in [1.165, 1.54) is 0 Å². The van der Waals surface area contributed by atoms with Crippen LogP contribution in [0.2, 0.25) is 0 Å². The molecule has 0 amide bonds. The topological polar surface area (TPSA) is 108 Å². The van der Waals surface area contributed by atoms with E-state index in [2.05, 4.69) is 21.8 Å². The second-order valence-electron chi connectivity index (χ2n) is 7.04. The van der Waals surface area contributed by atoms with Gasteiger partial charge in [-0.1, -0.05) is 12.1 Å². The van der Waals surface area contributed by atoms with Crippen LogP contribution in [-0.2, 0) is 0 Å². The molecule has 1 atom stereocenters. The molecule has 0 aliphatic carbocycles. The summed E-state index contributed by atoms with van der Waals surface area (Å²) in [5.74, 6) is 0.656. The third-order valence-electron chi connectivity index (χ3n) is 4.43. The maximum atomic E-state index is 9.85. The summed E-state index contributed by atoms with van der Waals surface area (Å²) < 4.78 is 7.58. The highest BCUT2D eigenvalue weighted by molar-refractivity contribution is 5.92. The van der Waals surface area contributed by atoms with E-state index in [0.29, 0.717) is 12.3 Å². The number of rotatable bonds is 9. The summed E-state index contributed by atoms with van der Waals surface area (Å²) in [6.07, 6.45) is 1.19. The molecule has 0 bridgehead atoms. The molecule has 0 saturated heterocycles. The van der Waals surface area contributed by atoms with E-state index in [4.69, 9.17) is 15.0 Å². The van der Waals surface area contributed by atoms with Crippen LogP contribution in [0, 0.1) is 11.3 Å². The van der Waals surface area contributed by atoms with Crippen LogP contribution in [0.5, 0.6) is 5.75 Å². The zero-order valence-electron chi connectivity index (χ0n) is 16.9. The van der Waals surface area contributed by atoms with E-state index in [1.807, 2.05) is 48.9 Å². The molecular formula is C21H26N6O2. The molecule has 0 radical (unpaired) electrons. The van der Waals surface area contributed by atoms with Gasteiger partial charge in [0.15, 0.2) is 5.65 Å². The Hall–Kier alpha value is -3.15. The lowest BCUT2D eigenvalue weighted by atomic mass is 10.1. The molecule has 8 heteroatoms. The number of aliphatic hydroxyl groups excluding tert-OH is 1. The third kappa shape index (κ3) is 4.83. The molecule has 3 aromatic rings. The van der Waals surface area contributed by atoms with E-state index < -0.39 is 6.10 Å². The predicted molar refractivity (Wildman–Crippen MR) is 113 cm³/mol. The van der Waals surface area contributed by atoms with Gasteiger partial charge in [0.05, 0.1) is 23.3 Å². The van der Waals surface area contributed by atoms with Gasteiger partial charge in [0.2, 0.25) is 0 Å². The van der Waals surface area contributed by atoms with Crippen molar-refractivity contribution in [1.29, 1.82) is 5.26 Å². The van der Waals surface area contributed by atoms with Crippen molar-refractivity contribution < 1.29 is 9.84 Å². The summed E-state index contributed by atoms with van der Waals surface area (Å²) >= 11 is 0. The lowest BCUT2D eigenvalue weighted by Gasteiger charge is -2.13. The lowest BCUT2D eigenvalue weighted by molar-refractivity contribution is 0.108. The average Bonchev–Trinajstić information content (AvgIpc) is 3.15. The van der Waals surface area contributed by atoms with Gasteiger partial charge in [-0.05, 0) is 39.1 Å². The van der Waals surface area contributed by atoms with Crippen LogP contribution in [0.4, 0.5) is 5.69 Å². The van der Waals surface area contributed by atoms with Crippen molar-refractivity contribution in [1.82, 2.24) is 20.1 Å². The zero-order chi connectivity index (χ0) is 20.8. The van der Waals surface area contributed by atoms with Crippen LogP contribution in [0.3, 0.4) is 0 Å². The van der Waals surface area contributed by atoms with Gasteiger partial charge in [0, 0.05) is 23.8 Å². The van der Waals surface area contributed by atoms with E-state index in [-0.39, 0.29) is 19.2 Å². The molecule has 1 aromatic carbocycles. The van der Waals surface area contributed by atoms with Crippen LogP contribution in [0.15, 0.2) is 36.5 Å². The Labute approximate surface area is 170 Å². The summed E-state index contributed by atoms with van der Waals surface area (Å²) in [6, 6.07) is 11.8. The predicted octanol–water partition coefficient (Wildman–Crippen LogP) is 2.57. The van der Waals surface area contributed by atoms with Gasteiger partial charge in [0.25, 0.3) is 0 Å². The van der Waals surface area contributed by atoms with Crippen molar-refractivity contribution in [3.8, 4) is 23.1 Å². The van der Waals surface area contributed by atoms with E-state index in [1.54, 1.807) is 13.2 Å². The van der Waals surface area contributed by atoms with Crippen molar-refractivity contribution in [2.75, 3.05) is 32.1 Å². The normalized spacial score (nSPS) is 12.1. The number of fused-ring (bicyclic) bond motifs is 1. The Morgan fingerprint density at radius 3 is 2.86 bits per heavy atom. The first-order valence-electron chi connectivity index (χ1n) is 9.58. The Bertz CT molecular complexity index is 1010. The SMILES string of the molecule is CNCC(O)COc1cccc(-c2cc(NCC#N)c3cnn(C(C)C)c3n2)c1. The highest BCUT2D eigenvalue weighted by atomic mass is 16.5. The molecular weight excluding hydrogens is 368 g/mol. The smallest absolute Gasteiger partial charge is 0.160 e. The number of likely N-dealkylation sites (N-methyl/N-ethyl adjacent to an activating group) is 1. The number of hydrogen-bond acceptors (Lipinski definition) is 7. The number of hydrogen-bond donors (Lipinski definition) is 3. The number of ether oxygens (including phenoxy) is 1. The minimum Gasteiger partial charge on any atom is -0.491 e. The van der Waals surface area contributed by atoms with Crippen LogP contribution in [0.25, 0.3) is 22.3 Å². The number of nitrogens with zero attached hydrogens (tertiary/aromatic N) is 4. The van der Waals surface area contributed by atoms with E-state index >= 15 is 0 Å². The molecule has 0 spiro atoms. The molecule has 29 heavy (non-hydrogen) atoms. The number of aliphatic hydroxyl groups is 1. The van der Waals surface area contributed by atoms with Gasteiger partial charge in [-0.3, -0.25) is 0 Å². The van der Waals surface area contributed by atoms with Gasteiger partial charge in [-0.25, -0.2) is 9.67 Å². The fraction of sp³-hybridized carbons (Fsp3) is 0.381. The Kier molecular flexibility index (Phi) is 6.65. The van der Waals surface area contributed by atoms with E-state index in [0.717, 1.165) is 28.0 Å². The first-order chi connectivity index (χ1) is 14.0. The van der Waals surface area contributed by atoms with E-state index in [9.17, 15) is 5.11 Å². The van der Waals surface area contributed by atoms with Crippen LogP contribution in [0.1, 0.15) is 19.9 Å². The molecule has 152 valence electrons. The molecule has 0 aliphatic heterocycles. The summed E-state index contributed by atoms with van der Waals surface area (Å²) in [6.45, 7) is 4.96. The Balaban J connectivity index is 1.97. The number of pyridine rings is 1. The summed E-state index contributed by atoms with van der Waals surface area (Å²) in [7, 11) is 1.78. The Morgan fingerprint density at radius 1 is 1.31 bits per heavy atom. The first-order valence-corrected chi connectivity index (χ1v) is 9.58. The van der Waals surface area contributed by atoms with Crippen LogP contribution < -0.4 is 15.4 Å². The molecule has 2 heterocycles. The van der Waals surface area contributed by atoms with Crippen molar-refractivity contribution in [3.05, 3.63) is 36.5 Å². The van der Waals surface area contributed by atoms with Crippen molar-refractivity contribution in [2.45, 2.75) is 26.0 Å². The number of anilines is 1. The summed E-state index contributed by atoms with van der Waals surface area (Å²) in [5.41, 5.74) is 3.20. The molecule has 8 nitrogen and oxygen atoms in total. The molecule has 0 saturated carbocycles. The molecule has 0 fully saturated rings. The second kappa shape index (κ2) is 9.37. The number of benzene rings is 1. The number of nitrogens with one attached hydrogen (secondary N) is 2. The maximum absolute atomic E-state index is 9.85. The van der Waals surface area contributed by atoms with Crippen LogP contribution >= 0.6 is 0 Å². The van der Waals surface area contributed by atoms with Gasteiger partial charge >= 0.3 is 0 Å². The highest BCUT2D eigenvalue weighted by Crippen LogP contribution is 2.30. The van der Waals surface area contributed by atoms with Crippen LogP contribution in [-0.4, -0.2) is 52.7 Å². The highest BCUT2D eigenvalue weighted by Gasteiger charge is 2.14. The number of aromatic nitrogens is 3. The standard InChI is InChI=1S/C21H26N6O2/c1-14(2)27-21-18(12-25-27)20(24-8-7-22)10-19(26-21)15-5-4-6-17(9-15)29-13-16(28)11-23-3/h4-6,9-10,12,14,16,23,28H,8,11,13H2,1-3H3,(H,24,26). The average molecular weight is 394 g/mol. The fourth-order valence-electron chi connectivity index (χ4n) is 3.06. The van der Waals surface area contributed by atoms with Crippen molar-refractivity contribution in [2.24, 2.45) is 0 Å². The molecule has 2 aromatic heterocycles. The fourth-order valence-corrected chi connectivity index (χ4v) is 3.06. The van der Waals surface area contributed by atoms with Gasteiger partial charge in [0.1, 0.15) is 25.0 Å². The van der Waals surface area contributed by atoms with Gasteiger partial charge in [-0.15, -0.1) is 0 Å².